The molecule has 0 N–H and O–H groups in total. The van der Waals surface area contributed by atoms with Gasteiger partial charge in [0.05, 0.1) is 25.8 Å². The Morgan fingerprint density at radius 2 is 2.08 bits per heavy atom. The molecule has 1 unspecified atom stereocenters. The lowest BCUT2D eigenvalue weighted by Gasteiger charge is -2.26. The number of halogens is 1. The quantitative estimate of drug-likeness (QED) is 0.614. The van der Waals surface area contributed by atoms with Crippen LogP contribution in [0.4, 0.5) is 4.48 Å². The number of benzene rings is 1. The summed E-state index contributed by atoms with van der Waals surface area (Å²) in [7, 11) is 0. The van der Waals surface area contributed by atoms with Crippen LogP contribution in [0.15, 0.2) is 30.3 Å². The summed E-state index contributed by atoms with van der Waals surface area (Å²) < 4.78 is 18.3. The first-order chi connectivity index (χ1) is 6.36. The Hall–Kier alpha value is -0.930. The second-order valence-corrected chi connectivity index (χ2v) is 3.14. The minimum absolute atomic E-state index is 0.111. The molecular weight excluding hydrogens is 169 g/mol. The van der Waals surface area contributed by atoms with E-state index in [1.165, 1.54) is 0 Å². The summed E-state index contributed by atoms with van der Waals surface area (Å²) in [5.74, 6) is 0. The van der Waals surface area contributed by atoms with E-state index in [2.05, 4.69) is 0 Å². The SMILES string of the molecule is FN1CCOC(c2ccccc2)C1. The van der Waals surface area contributed by atoms with Gasteiger partial charge in [0, 0.05) is 0 Å². The Morgan fingerprint density at radius 1 is 1.31 bits per heavy atom. The minimum atomic E-state index is -0.111. The van der Waals surface area contributed by atoms with Crippen molar-refractivity contribution in [3.05, 3.63) is 35.9 Å². The lowest BCUT2D eigenvalue weighted by molar-refractivity contribution is -0.108. The van der Waals surface area contributed by atoms with Gasteiger partial charge in [-0.3, -0.25) is 0 Å². The molecule has 0 aliphatic carbocycles. The standard InChI is InChI=1S/C10H12FNO/c11-12-6-7-13-10(8-12)9-4-2-1-3-5-9/h1-5,10H,6-8H2. The van der Waals surface area contributed by atoms with Crippen LogP contribution in [0, 0.1) is 0 Å². The van der Waals surface area contributed by atoms with E-state index in [1.807, 2.05) is 30.3 Å². The van der Waals surface area contributed by atoms with E-state index >= 15 is 0 Å². The van der Waals surface area contributed by atoms with Crippen molar-refractivity contribution in [1.29, 1.82) is 0 Å². The summed E-state index contributed by atoms with van der Waals surface area (Å²) in [5.41, 5.74) is 1.05. The predicted octanol–water partition coefficient (Wildman–Crippen LogP) is 1.94. The van der Waals surface area contributed by atoms with Crippen LogP contribution in [-0.4, -0.2) is 24.8 Å². The maximum absolute atomic E-state index is 12.9. The fourth-order valence-corrected chi connectivity index (χ4v) is 1.49. The molecule has 1 heterocycles. The average Bonchev–Trinajstić information content (AvgIpc) is 2.19. The van der Waals surface area contributed by atoms with Gasteiger partial charge in [-0.1, -0.05) is 30.3 Å². The molecule has 1 aromatic carbocycles. The normalized spacial score (nSPS) is 24.5. The van der Waals surface area contributed by atoms with Gasteiger partial charge in [-0.2, -0.15) is 0 Å². The second kappa shape index (κ2) is 3.85. The Labute approximate surface area is 76.9 Å². The molecule has 0 radical (unpaired) electrons. The number of nitrogens with zero attached hydrogens (tertiary/aromatic N) is 1. The van der Waals surface area contributed by atoms with Gasteiger partial charge < -0.3 is 4.74 Å². The van der Waals surface area contributed by atoms with Gasteiger partial charge in [0.2, 0.25) is 0 Å². The molecule has 70 valence electrons. The third-order valence-electron chi connectivity index (χ3n) is 2.19. The van der Waals surface area contributed by atoms with Crippen LogP contribution in [0.2, 0.25) is 0 Å². The highest BCUT2D eigenvalue weighted by molar-refractivity contribution is 5.18. The summed E-state index contributed by atoms with van der Waals surface area (Å²) in [5, 5.41) is 0.807. The highest BCUT2D eigenvalue weighted by Gasteiger charge is 2.21. The molecule has 1 saturated heterocycles. The van der Waals surface area contributed by atoms with Gasteiger partial charge >= 0.3 is 0 Å². The van der Waals surface area contributed by atoms with E-state index in [4.69, 9.17) is 4.74 Å². The van der Waals surface area contributed by atoms with Gasteiger partial charge in [0.15, 0.2) is 0 Å². The Kier molecular flexibility index (Phi) is 2.57. The summed E-state index contributed by atoms with van der Waals surface area (Å²) in [4.78, 5) is 0. The van der Waals surface area contributed by atoms with E-state index in [9.17, 15) is 4.48 Å². The molecule has 1 aliphatic rings. The molecule has 3 heteroatoms. The van der Waals surface area contributed by atoms with Crippen molar-refractivity contribution >= 4 is 0 Å². The van der Waals surface area contributed by atoms with Crippen molar-refractivity contribution < 1.29 is 9.22 Å². The Morgan fingerprint density at radius 3 is 2.77 bits per heavy atom. The fraction of sp³-hybridized carbons (Fsp3) is 0.400. The van der Waals surface area contributed by atoms with E-state index in [1.54, 1.807) is 0 Å². The molecule has 0 spiro atoms. The van der Waals surface area contributed by atoms with Crippen molar-refractivity contribution in [3.63, 3.8) is 0 Å². The molecule has 1 aromatic rings. The third-order valence-corrected chi connectivity index (χ3v) is 2.19. The van der Waals surface area contributed by atoms with Gasteiger partial charge in [0.25, 0.3) is 0 Å². The molecule has 0 amide bonds. The molecule has 2 rings (SSSR count). The molecule has 0 aromatic heterocycles. The first-order valence-corrected chi connectivity index (χ1v) is 4.43. The van der Waals surface area contributed by atoms with Crippen LogP contribution >= 0.6 is 0 Å². The average molecular weight is 181 g/mol. The first kappa shape index (κ1) is 8.66. The zero-order chi connectivity index (χ0) is 9.10. The highest BCUT2D eigenvalue weighted by atomic mass is 19.2. The van der Waals surface area contributed by atoms with Gasteiger partial charge in [0.1, 0.15) is 0 Å². The van der Waals surface area contributed by atoms with Crippen LogP contribution in [0.3, 0.4) is 0 Å². The summed E-state index contributed by atoms with van der Waals surface area (Å²) in [6.07, 6.45) is -0.111. The zero-order valence-corrected chi connectivity index (χ0v) is 7.32. The molecule has 1 fully saturated rings. The predicted molar refractivity (Wildman–Crippen MR) is 47.8 cm³/mol. The van der Waals surface area contributed by atoms with Crippen LogP contribution in [0.25, 0.3) is 0 Å². The largest absolute Gasteiger partial charge is 0.371 e. The van der Waals surface area contributed by atoms with Crippen molar-refractivity contribution in [2.75, 3.05) is 19.7 Å². The monoisotopic (exact) mass is 181 g/mol. The number of hydrogen-bond donors (Lipinski definition) is 0. The van der Waals surface area contributed by atoms with E-state index in [0.717, 1.165) is 10.7 Å². The molecule has 0 bridgehead atoms. The lowest BCUT2D eigenvalue weighted by atomic mass is 10.1. The van der Waals surface area contributed by atoms with Crippen molar-refractivity contribution in [2.45, 2.75) is 6.10 Å². The second-order valence-electron chi connectivity index (χ2n) is 3.14. The molecule has 2 nitrogen and oxygen atoms in total. The maximum atomic E-state index is 12.9. The van der Waals surface area contributed by atoms with Crippen molar-refractivity contribution in [3.8, 4) is 0 Å². The first-order valence-electron chi connectivity index (χ1n) is 4.43. The topological polar surface area (TPSA) is 12.5 Å². The maximum Gasteiger partial charge on any atom is 0.0978 e. The van der Waals surface area contributed by atoms with Gasteiger partial charge in [-0.05, 0) is 5.56 Å². The summed E-state index contributed by atoms with van der Waals surface area (Å²) in [6.45, 7) is 1.18. The van der Waals surface area contributed by atoms with Crippen LogP contribution < -0.4 is 0 Å². The highest BCUT2D eigenvalue weighted by Crippen LogP contribution is 2.21. The van der Waals surface area contributed by atoms with Crippen molar-refractivity contribution in [1.82, 2.24) is 5.12 Å². The van der Waals surface area contributed by atoms with Crippen LogP contribution in [0.1, 0.15) is 11.7 Å². The summed E-state index contributed by atoms with van der Waals surface area (Å²) in [6, 6.07) is 9.75. The van der Waals surface area contributed by atoms with Gasteiger partial charge in [-0.25, -0.2) is 0 Å². The van der Waals surface area contributed by atoms with E-state index < -0.39 is 0 Å². The molecule has 1 atom stereocenters. The summed E-state index contributed by atoms with van der Waals surface area (Å²) >= 11 is 0. The number of rotatable bonds is 1. The molecule has 1 aliphatic heterocycles. The lowest BCUT2D eigenvalue weighted by Crippen LogP contribution is -2.32. The van der Waals surface area contributed by atoms with Gasteiger partial charge in [-0.15, -0.1) is 9.60 Å². The number of ether oxygens (including phenoxy) is 1. The smallest absolute Gasteiger partial charge is 0.0978 e. The van der Waals surface area contributed by atoms with E-state index in [-0.39, 0.29) is 6.10 Å². The van der Waals surface area contributed by atoms with Crippen molar-refractivity contribution in [2.24, 2.45) is 0 Å². The molecule has 0 saturated carbocycles. The third kappa shape index (κ3) is 2.05. The van der Waals surface area contributed by atoms with Crippen LogP contribution in [0.5, 0.6) is 0 Å². The van der Waals surface area contributed by atoms with Crippen LogP contribution in [-0.2, 0) is 4.74 Å². The number of morpholine rings is 1. The Bertz CT molecular complexity index is 265. The zero-order valence-electron chi connectivity index (χ0n) is 7.32. The molecular formula is C10H12FNO. The Balaban J connectivity index is 2.08. The minimum Gasteiger partial charge on any atom is -0.371 e. The number of hydrogen-bond acceptors (Lipinski definition) is 2. The van der Waals surface area contributed by atoms with E-state index in [0.29, 0.717) is 19.7 Å². The molecule has 13 heavy (non-hydrogen) atoms. The fourth-order valence-electron chi connectivity index (χ4n) is 1.49.